The van der Waals surface area contributed by atoms with Crippen molar-refractivity contribution in [3.05, 3.63) is 35.4 Å². The molecule has 0 saturated carbocycles. The quantitative estimate of drug-likeness (QED) is 0.805. The summed E-state index contributed by atoms with van der Waals surface area (Å²) in [5.41, 5.74) is 5.51. The molecule has 0 aliphatic rings. The summed E-state index contributed by atoms with van der Waals surface area (Å²) >= 11 is 0. The topological polar surface area (TPSA) is 94.3 Å². The number of ketones is 4. The number of nitrogens with two attached hydrogens (primary N) is 1. The first kappa shape index (κ1) is 24.1. The Morgan fingerprint density at radius 1 is 0.875 bits per heavy atom. The Hall–Kier alpha value is -2.14. The van der Waals surface area contributed by atoms with Crippen LogP contribution in [-0.2, 0) is 9.59 Å². The molecule has 0 spiro atoms. The van der Waals surface area contributed by atoms with E-state index in [4.69, 9.17) is 0 Å². The van der Waals surface area contributed by atoms with Gasteiger partial charge in [0.05, 0.1) is 0 Å². The zero-order valence-corrected chi connectivity index (χ0v) is 15.5. The molecule has 0 bridgehead atoms. The number of benzene rings is 1. The second-order valence-electron chi connectivity index (χ2n) is 5.41. The van der Waals surface area contributed by atoms with E-state index in [1.165, 1.54) is 20.9 Å². The average Bonchev–Trinajstić information content (AvgIpc) is 2.54. The van der Waals surface area contributed by atoms with E-state index < -0.39 is 0 Å². The maximum atomic E-state index is 11.0. The third-order valence-corrected chi connectivity index (χ3v) is 3.31. The molecule has 0 radical (unpaired) electrons. The third-order valence-electron chi connectivity index (χ3n) is 3.31. The van der Waals surface area contributed by atoms with Gasteiger partial charge in [-0.1, -0.05) is 31.2 Å². The van der Waals surface area contributed by atoms with Crippen LogP contribution in [-0.4, -0.2) is 30.2 Å². The van der Waals surface area contributed by atoms with Crippen LogP contribution in [0.2, 0.25) is 0 Å². The SMILES string of the molecule is CC(=O)CCC(C)C(C)=O.CC(=O)c1ccccc1C(C)=O.CN. The molecular formula is C19H29NO4. The fraction of sp³-hybridized carbons (Fsp3) is 0.474. The van der Waals surface area contributed by atoms with E-state index in [0.29, 0.717) is 24.0 Å². The van der Waals surface area contributed by atoms with E-state index in [1.807, 2.05) is 6.92 Å². The second-order valence-corrected chi connectivity index (χ2v) is 5.41. The van der Waals surface area contributed by atoms with Crippen LogP contribution >= 0.6 is 0 Å². The number of hydrogen-bond donors (Lipinski definition) is 1. The molecule has 0 amide bonds. The molecule has 0 aliphatic carbocycles. The minimum atomic E-state index is -0.0687. The molecule has 24 heavy (non-hydrogen) atoms. The predicted octanol–water partition coefficient (Wildman–Crippen LogP) is 3.25. The first-order valence-corrected chi connectivity index (χ1v) is 7.85. The Morgan fingerprint density at radius 3 is 1.50 bits per heavy atom. The van der Waals surface area contributed by atoms with Crippen LogP contribution in [0.3, 0.4) is 0 Å². The van der Waals surface area contributed by atoms with E-state index in [2.05, 4.69) is 5.73 Å². The van der Waals surface area contributed by atoms with Gasteiger partial charge in [-0.15, -0.1) is 0 Å². The van der Waals surface area contributed by atoms with Gasteiger partial charge in [0.25, 0.3) is 0 Å². The molecule has 134 valence electrons. The van der Waals surface area contributed by atoms with Crippen molar-refractivity contribution in [2.45, 2.75) is 47.5 Å². The lowest BCUT2D eigenvalue weighted by Gasteiger charge is -2.03. The first-order valence-electron chi connectivity index (χ1n) is 7.85. The van der Waals surface area contributed by atoms with Crippen LogP contribution in [0.5, 0.6) is 0 Å². The van der Waals surface area contributed by atoms with Gasteiger partial charge in [0.15, 0.2) is 11.6 Å². The monoisotopic (exact) mass is 335 g/mol. The van der Waals surface area contributed by atoms with Crippen molar-refractivity contribution in [2.75, 3.05) is 7.05 Å². The fourth-order valence-electron chi connectivity index (χ4n) is 1.72. The maximum absolute atomic E-state index is 11.0. The van der Waals surface area contributed by atoms with Crippen molar-refractivity contribution < 1.29 is 19.2 Å². The summed E-state index contributed by atoms with van der Waals surface area (Å²) in [4.78, 5) is 43.1. The molecule has 1 aromatic carbocycles. The number of carbonyl (C=O) groups excluding carboxylic acids is 4. The number of Topliss-reactive ketones (excluding diaryl/α,β-unsaturated/α-hetero) is 4. The first-order chi connectivity index (χ1) is 11.2. The summed E-state index contributed by atoms with van der Waals surface area (Å²) in [6, 6.07) is 6.84. The van der Waals surface area contributed by atoms with Gasteiger partial charge < -0.3 is 10.5 Å². The summed E-state index contributed by atoms with van der Waals surface area (Å²) in [5, 5.41) is 0. The van der Waals surface area contributed by atoms with Crippen LogP contribution in [0.1, 0.15) is 68.2 Å². The second kappa shape index (κ2) is 13.3. The number of carbonyl (C=O) groups is 4. The average molecular weight is 335 g/mol. The zero-order chi connectivity index (χ0) is 19.3. The van der Waals surface area contributed by atoms with E-state index in [0.717, 1.165) is 0 Å². The van der Waals surface area contributed by atoms with Crippen LogP contribution in [0.4, 0.5) is 0 Å². The highest BCUT2D eigenvalue weighted by molar-refractivity contribution is 6.07. The van der Waals surface area contributed by atoms with E-state index in [1.54, 1.807) is 38.1 Å². The van der Waals surface area contributed by atoms with Crippen molar-refractivity contribution in [3.63, 3.8) is 0 Å². The minimum Gasteiger partial charge on any atom is -0.333 e. The van der Waals surface area contributed by atoms with E-state index in [-0.39, 0.29) is 29.1 Å². The smallest absolute Gasteiger partial charge is 0.160 e. The lowest BCUT2D eigenvalue weighted by atomic mass is 10.0. The van der Waals surface area contributed by atoms with Gasteiger partial charge in [-0.2, -0.15) is 0 Å². The Labute approximate surface area is 144 Å². The summed E-state index contributed by atoms with van der Waals surface area (Å²) in [6.45, 7) is 7.88. The lowest BCUT2D eigenvalue weighted by molar-refractivity contribution is -0.121. The Morgan fingerprint density at radius 2 is 1.25 bits per heavy atom. The van der Waals surface area contributed by atoms with Crippen LogP contribution < -0.4 is 5.73 Å². The molecule has 1 aromatic rings. The Kier molecular flexibility index (Phi) is 13.4. The zero-order valence-electron chi connectivity index (χ0n) is 15.5. The molecule has 1 atom stereocenters. The molecule has 0 saturated heterocycles. The van der Waals surface area contributed by atoms with E-state index in [9.17, 15) is 19.2 Å². The highest BCUT2D eigenvalue weighted by Crippen LogP contribution is 2.09. The van der Waals surface area contributed by atoms with Crippen LogP contribution in [0, 0.1) is 5.92 Å². The lowest BCUT2D eigenvalue weighted by Crippen LogP contribution is -2.07. The Bertz CT molecular complexity index is 531. The minimum absolute atomic E-state index is 0.0453. The molecule has 1 rings (SSSR count). The normalized spacial score (nSPS) is 10.3. The van der Waals surface area contributed by atoms with Crippen LogP contribution in [0.25, 0.3) is 0 Å². The van der Waals surface area contributed by atoms with Crippen molar-refractivity contribution >= 4 is 23.1 Å². The molecule has 0 aliphatic heterocycles. The highest BCUT2D eigenvalue weighted by Gasteiger charge is 2.09. The molecular weight excluding hydrogens is 306 g/mol. The molecule has 0 aromatic heterocycles. The third kappa shape index (κ3) is 10.6. The van der Waals surface area contributed by atoms with Gasteiger partial charge in [0, 0.05) is 23.5 Å². The van der Waals surface area contributed by atoms with Crippen LogP contribution in [0.15, 0.2) is 24.3 Å². The van der Waals surface area contributed by atoms with Gasteiger partial charge >= 0.3 is 0 Å². The van der Waals surface area contributed by atoms with Gasteiger partial charge in [0.1, 0.15) is 11.6 Å². The van der Waals surface area contributed by atoms with Gasteiger partial charge in [-0.3, -0.25) is 14.4 Å². The largest absolute Gasteiger partial charge is 0.333 e. The predicted molar refractivity (Wildman–Crippen MR) is 96.3 cm³/mol. The molecule has 5 heteroatoms. The molecule has 0 heterocycles. The van der Waals surface area contributed by atoms with Crippen molar-refractivity contribution in [3.8, 4) is 0 Å². The number of hydrogen-bond acceptors (Lipinski definition) is 5. The molecule has 0 fully saturated rings. The summed E-state index contributed by atoms with van der Waals surface area (Å²) in [5.74, 6) is 0.236. The standard InChI is InChI=1S/C10H10O2.C8H14O2.CH5N/c1-7(11)9-5-3-4-6-10(9)8(2)12;1-6(8(3)10)4-5-7(2)9;1-2/h3-6H,1-2H3;6H,4-5H2,1-3H3;2H2,1H3. The van der Waals surface area contributed by atoms with E-state index >= 15 is 0 Å². The van der Waals surface area contributed by atoms with Gasteiger partial charge in [-0.25, -0.2) is 0 Å². The van der Waals surface area contributed by atoms with Gasteiger partial charge in [-0.05, 0) is 41.2 Å². The summed E-state index contributed by atoms with van der Waals surface area (Å²) in [7, 11) is 1.50. The van der Waals surface area contributed by atoms with Crippen molar-refractivity contribution in [2.24, 2.45) is 11.7 Å². The van der Waals surface area contributed by atoms with Gasteiger partial charge in [0.2, 0.25) is 0 Å². The molecule has 2 N–H and O–H groups in total. The van der Waals surface area contributed by atoms with Crippen molar-refractivity contribution in [1.29, 1.82) is 0 Å². The molecule has 1 unspecified atom stereocenters. The summed E-state index contributed by atoms with van der Waals surface area (Å²) < 4.78 is 0. The Balaban J connectivity index is 0. The summed E-state index contributed by atoms with van der Waals surface area (Å²) in [6.07, 6.45) is 1.23. The maximum Gasteiger partial charge on any atom is 0.160 e. The highest BCUT2D eigenvalue weighted by atomic mass is 16.1. The number of rotatable bonds is 6. The molecule has 5 nitrogen and oxygen atoms in total. The fourth-order valence-corrected chi connectivity index (χ4v) is 1.72. The van der Waals surface area contributed by atoms with Crippen molar-refractivity contribution in [1.82, 2.24) is 0 Å².